The third-order valence-corrected chi connectivity index (χ3v) is 5.17. The van der Waals surface area contributed by atoms with Crippen LogP contribution in [0.1, 0.15) is 60.4 Å². The van der Waals surface area contributed by atoms with E-state index in [2.05, 4.69) is 0 Å². The molecule has 21 heavy (non-hydrogen) atoms. The van der Waals surface area contributed by atoms with Crippen LogP contribution in [0.4, 0.5) is 0 Å². The summed E-state index contributed by atoms with van der Waals surface area (Å²) in [7, 11) is 1.40. The van der Waals surface area contributed by atoms with E-state index in [4.69, 9.17) is 4.74 Å². The molecule has 2 fully saturated rings. The van der Waals surface area contributed by atoms with Crippen LogP contribution in [-0.4, -0.2) is 24.3 Å². The Kier molecular flexibility index (Phi) is 4.29. The van der Waals surface area contributed by atoms with E-state index >= 15 is 0 Å². The minimum absolute atomic E-state index is 0.143. The fourth-order valence-electron chi connectivity index (χ4n) is 3.78. The smallest absolute Gasteiger partial charge is 0.337 e. The quantitative estimate of drug-likeness (QED) is 0.862. The molecule has 0 aliphatic heterocycles. The van der Waals surface area contributed by atoms with Gasteiger partial charge in [-0.15, -0.1) is 0 Å². The van der Waals surface area contributed by atoms with Gasteiger partial charge in [0, 0.05) is 0 Å². The highest BCUT2D eigenvalue weighted by Gasteiger charge is 2.45. The summed E-state index contributed by atoms with van der Waals surface area (Å²) < 4.78 is 4.71. The van der Waals surface area contributed by atoms with Gasteiger partial charge in [-0.1, -0.05) is 31.4 Å². The third-order valence-electron chi connectivity index (χ3n) is 5.17. The van der Waals surface area contributed by atoms with Gasteiger partial charge in [-0.05, 0) is 54.7 Å². The van der Waals surface area contributed by atoms with E-state index in [9.17, 15) is 9.90 Å². The van der Waals surface area contributed by atoms with E-state index < -0.39 is 0 Å². The second-order valence-electron chi connectivity index (χ2n) is 6.51. The Bertz CT molecular complexity index is 488. The lowest BCUT2D eigenvalue weighted by atomic mass is 9.83. The number of carbonyl (C=O) groups is 1. The standard InChI is InChI=1S/C18H24O3/c1-21-18(20)14-9-7-12(8-10-14)15-11-16(15)17(19)13-5-3-2-4-6-13/h7-10,13,15-17,19H,2-6,11H2,1H3. The van der Waals surface area contributed by atoms with Crippen LogP contribution in [0.15, 0.2) is 24.3 Å². The molecule has 3 atom stereocenters. The number of hydrogen-bond acceptors (Lipinski definition) is 3. The SMILES string of the molecule is COC(=O)c1ccc(C2CC2C(O)C2CCCCC2)cc1. The Labute approximate surface area is 126 Å². The van der Waals surface area contributed by atoms with Crippen molar-refractivity contribution in [2.24, 2.45) is 11.8 Å². The van der Waals surface area contributed by atoms with Crippen LogP contribution in [-0.2, 0) is 4.74 Å². The van der Waals surface area contributed by atoms with Crippen molar-refractivity contribution in [1.29, 1.82) is 0 Å². The molecular weight excluding hydrogens is 264 g/mol. The molecule has 3 nitrogen and oxygen atoms in total. The first-order valence-electron chi connectivity index (χ1n) is 8.07. The number of aliphatic hydroxyl groups is 1. The number of aliphatic hydroxyl groups excluding tert-OH is 1. The number of esters is 1. The first-order chi connectivity index (χ1) is 10.2. The summed E-state index contributed by atoms with van der Waals surface area (Å²) >= 11 is 0. The lowest BCUT2D eigenvalue weighted by molar-refractivity contribution is 0.0600. The molecule has 1 aromatic rings. The fraction of sp³-hybridized carbons (Fsp3) is 0.611. The number of ether oxygens (including phenoxy) is 1. The van der Waals surface area contributed by atoms with E-state index in [1.165, 1.54) is 44.8 Å². The van der Waals surface area contributed by atoms with Gasteiger partial charge in [0.15, 0.2) is 0 Å². The summed E-state index contributed by atoms with van der Waals surface area (Å²) in [6.07, 6.45) is 7.18. The van der Waals surface area contributed by atoms with Gasteiger partial charge in [-0.3, -0.25) is 0 Å². The van der Waals surface area contributed by atoms with E-state index in [-0.39, 0.29) is 12.1 Å². The van der Waals surface area contributed by atoms with Gasteiger partial charge >= 0.3 is 5.97 Å². The van der Waals surface area contributed by atoms with Gasteiger partial charge in [-0.25, -0.2) is 4.79 Å². The molecule has 2 aliphatic carbocycles. The summed E-state index contributed by atoms with van der Waals surface area (Å²) in [6, 6.07) is 7.65. The van der Waals surface area contributed by atoms with Gasteiger partial charge in [0.1, 0.15) is 0 Å². The van der Waals surface area contributed by atoms with Gasteiger partial charge < -0.3 is 9.84 Å². The monoisotopic (exact) mass is 288 g/mol. The lowest BCUT2D eigenvalue weighted by Gasteiger charge is -2.26. The maximum Gasteiger partial charge on any atom is 0.337 e. The molecule has 3 heteroatoms. The Hall–Kier alpha value is -1.35. The predicted molar refractivity (Wildman–Crippen MR) is 81.2 cm³/mol. The Morgan fingerprint density at radius 3 is 2.48 bits per heavy atom. The topological polar surface area (TPSA) is 46.5 Å². The van der Waals surface area contributed by atoms with Crippen molar-refractivity contribution in [1.82, 2.24) is 0 Å². The molecule has 3 rings (SSSR count). The molecule has 0 bridgehead atoms. The molecule has 0 spiro atoms. The fourth-order valence-corrected chi connectivity index (χ4v) is 3.78. The molecule has 1 aromatic carbocycles. The van der Waals surface area contributed by atoms with Gasteiger partial charge in [-0.2, -0.15) is 0 Å². The molecule has 0 aromatic heterocycles. The number of hydrogen-bond donors (Lipinski definition) is 1. The highest BCUT2D eigenvalue weighted by molar-refractivity contribution is 5.89. The maximum atomic E-state index is 11.4. The van der Waals surface area contributed by atoms with Crippen LogP contribution in [0.25, 0.3) is 0 Å². The summed E-state index contributed by atoms with van der Waals surface area (Å²) in [5.41, 5.74) is 1.83. The predicted octanol–water partition coefficient (Wildman–Crippen LogP) is 3.52. The molecule has 1 N–H and O–H groups in total. The number of methoxy groups -OCH3 is 1. The van der Waals surface area contributed by atoms with Crippen molar-refractivity contribution in [2.45, 2.75) is 50.5 Å². The highest BCUT2D eigenvalue weighted by atomic mass is 16.5. The Morgan fingerprint density at radius 1 is 1.19 bits per heavy atom. The van der Waals surface area contributed by atoms with Crippen molar-refractivity contribution < 1.29 is 14.6 Å². The molecule has 0 saturated heterocycles. The maximum absolute atomic E-state index is 11.4. The van der Waals surface area contributed by atoms with Crippen LogP contribution in [0.3, 0.4) is 0 Å². The van der Waals surface area contributed by atoms with Crippen molar-refractivity contribution in [2.75, 3.05) is 7.11 Å². The van der Waals surface area contributed by atoms with Crippen molar-refractivity contribution in [3.05, 3.63) is 35.4 Å². The first-order valence-corrected chi connectivity index (χ1v) is 8.07. The van der Waals surface area contributed by atoms with Crippen LogP contribution < -0.4 is 0 Å². The minimum atomic E-state index is -0.295. The van der Waals surface area contributed by atoms with Crippen LogP contribution in [0.2, 0.25) is 0 Å². The van der Waals surface area contributed by atoms with Crippen LogP contribution in [0, 0.1) is 11.8 Å². The molecule has 0 heterocycles. The average Bonchev–Trinajstić information content (AvgIpc) is 3.35. The summed E-state index contributed by atoms with van der Waals surface area (Å²) in [5.74, 6) is 1.09. The normalized spacial score (nSPS) is 27.1. The summed E-state index contributed by atoms with van der Waals surface area (Å²) in [4.78, 5) is 11.4. The van der Waals surface area contributed by atoms with Crippen molar-refractivity contribution >= 4 is 5.97 Å². The number of carbonyl (C=O) groups excluding carboxylic acids is 1. The summed E-state index contributed by atoms with van der Waals surface area (Å²) in [5, 5.41) is 10.6. The average molecular weight is 288 g/mol. The third kappa shape index (κ3) is 3.13. The van der Waals surface area contributed by atoms with E-state index in [0.717, 1.165) is 6.42 Å². The molecule has 0 radical (unpaired) electrons. The van der Waals surface area contributed by atoms with Crippen LogP contribution in [0.5, 0.6) is 0 Å². The first kappa shape index (κ1) is 14.6. The van der Waals surface area contributed by atoms with E-state index in [1.54, 1.807) is 0 Å². The number of benzene rings is 1. The number of rotatable bonds is 4. The highest BCUT2D eigenvalue weighted by Crippen LogP contribution is 2.52. The lowest BCUT2D eigenvalue weighted by Crippen LogP contribution is -2.25. The van der Waals surface area contributed by atoms with Crippen molar-refractivity contribution in [3.63, 3.8) is 0 Å². The molecule has 0 amide bonds. The Balaban J connectivity index is 1.60. The zero-order chi connectivity index (χ0) is 14.8. The molecule has 3 unspecified atom stereocenters. The van der Waals surface area contributed by atoms with Crippen molar-refractivity contribution in [3.8, 4) is 0 Å². The van der Waals surface area contributed by atoms with Gasteiger partial charge in [0.25, 0.3) is 0 Å². The van der Waals surface area contributed by atoms with E-state index in [0.29, 0.717) is 23.3 Å². The largest absolute Gasteiger partial charge is 0.465 e. The molecule has 2 aliphatic rings. The second-order valence-corrected chi connectivity index (χ2v) is 6.51. The van der Waals surface area contributed by atoms with Gasteiger partial charge in [0.05, 0.1) is 18.8 Å². The zero-order valence-corrected chi connectivity index (χ0v) is 12.6. The molecule has 114 valence electrons. The molecule has 2 saturated carbocycles. The summed E-state index contributed by atoms with van der Waals surface area (Å²) in [6.45, 7) is 0. The molecular formula is C18H24O3. The minimum Gasteiger partial charge on any atom is -0.465 e. The van der Waals surface area contributed by atoms with E-state index in [1.807, 2.05) is 24.3 Å². The van der Waals surface area contributed by atoms with Gasteiger partial charge in [0.2, 0.25) is 0 Å². The van der Waals surface area contributed by atoms with Crippen LogP contribution >= 0.6 is 0 Å². The second kappa shape index (κ2) is 6.18. The zero-order valence-electron chi connectivity index (χ0n) is 12.6. The Morgan fingerprint density at radius 2 is 1.86 bits per heavy atom.